The molecular weight excluding hydrogens is 312 g/mol. The van der Waals surface area contributed by atoms with Crippen LogP contribution >= 0.6 is 15.9 Å². The molecule has 2 rings (SSSR count). The van der Waals surface area contributed by atoms with Crippen LogP contribution in [-0.4, -0.2) is 9.19 Å². The number of nitrogen functional groups attached to an aromatic ring is 1. The third kappa shape index (κ3) is 3.17. The molecule has 2 N–H and O–H groups in total. The van der Waals surface area contributed by atoms with Crippen LogP contribution < -0.4 is 5.73 Å². The number of aromatic nitrogens is 1. The summed E-state index contributed by atoms with van der Waals surface area (Å²) >= 11 is 3.36. The Labute approximate surface area is 117 Å². The predicted octanol–water partition coefficient (Wildman–Crippen LogP) is 3.04. The first-order valence-electron chi connectivity index (χ1n) is 5.40. The number of hydrogen-bond donors (Lipinski definition) is 1. The van der Waals surface area contributed by atoms with Gasteiger partial charge in [-0.3, -0.25) is 9.19 Å². The van der Waals surface area contributed by atoms with E-state index < -0.39 is 10.8 Å². The number of benzene rings is 1. The molecule has 0 saturated carbocycles. The van der Waals surface area contributed by atoms with Crippen molar-refractivity contribution in [2.45, 2.75) is 17.6 Å². The van der Waals surface area contributed by atoms with Gasteiger partial charge in [0.25, 0.3) is 0 Å². The summed E-state index contributed by atoms with van der Waals surface area (Å²) in [5.74, 6) is 0.426. The normalized spacial score (nSPS) is 12.3. The SMILES string of the molecule is Cc1cncc(CS(=O)c2cc(Br)ccc2N)c1. The van der Waals surface area contributed by atoms with Gasteiger partial charge >= 0.3 is 0 Å². The van der Waals surface area contributed by atoms with Gasteiger partial charge in [-0.05, 0) is 36.2 Å². The van der Waals surface area contributed by atoms with E-state index in [4.69, 9.17) is 5.73 Å². The van der Waals surface area contributed by atoms with E-state index in [1.807, 2.05) is 19.1 Å². The number of rotatable bonds is 3. The van der Waals surface area contributed by atoms with Crippen LogP contribution in [0, 0.1) is 6.92 Å². The van der Waals surface area contributed by atoms with Crippen LogP contribution in [0.25, 0.3) is 0 Å². The zero-order chi connectivity index (χ0) is 13.1. The standard InChI is InChI=1S/C13H13BrN2OS/c1-9-4-10(7-16-6-9)8-18(17)13-5-11(14)2-3-12(13)15/h2-7H,8,15H2,1H3. The van der Waals surface area contributed by atoms with Gasteiger partial charge in [0.1, 0.15) is 0 Å². The van der Waals surface area contributed by atoms with Crippen molar-refractivity contribution in [3.8, 4) is 0 Å². The van der Waals surface area contributed by atoms with Crippen molar-refractivity contribution >= 4 is 32.4 Å². The maximum absolute atomic E-state index is 12.3. The molecule has 3 nitrogen and oxygen atoms in total. The topological polar surface area (TPSA) is 56.0 Å². The van der Waals surface area contributed by atoms with E-state index in [1.54, 1.807) is 24.5 Å². The van der Waals surface area contributed by atoms with Crippen molar-refractivity contribution in [1.82, 2.24) is 4.98 Å². The zero-order valence-electron chi connectivity index (χ0n) is 9.89. The van der Waals surface area contributed by atoms with Gasteiger partial charge in [0.05, 0.1) is 21.4 Å². The second-order valence-corrected chi connectivity index (χ2v) is 6.38. The number of nitrogens with zero attached hydrogens (tertiary/aromatic N) is 1. The number of pyridine rings is 1. The van der Waals surface area contributed by atoms with E-state index in [0.717, 1.165) is 15.6 Å². The summed E-state index contributed by atoms with van der Waals surface area (Å²) in [6, 6.07) is 7.38. The van der Waals surface area contributed by atoms with E-state index in [2.05, 4.69) is 20.9 Å². The average Bonchev–Trinajstić information content (AvgIpc) is 2.32. The molecule has 0 amide bonds. The molecule has 0 bridgehead atoms. The van der Waals surface area contributed by atoms with Gasteiger partial charge in [0.15, 0.2) is 0 Å². The number of nitrogens with two attached hydrogens (primary N) is 1. The lowest BCUT2D eigenvalue weighted by molar-refractivity contribution is 0.683. The van der Waals surface area contributed by atoms with E-state index in [9.17, 15) is 4.21 Å². The van der Waals surface area contributed by atoms with Gasteiger partial charge in [-0.1, -0.05) is 22.0 Å². The molecule has 0 radical (unpaired) electrons. The summed E-state index contributed by atoms with van der Waals surface area (Å²) in [4.78, 5) is 4.75. The average molecular weight is 325 g/mol. The molecule has 0 fully saturated rings. The van der Waals surface area contributed by atoms with Gasteiger partial charge in [0, 0.05) is 22.6 Å². The Hall–Kier alpha value is -1.20. The van der Waals surface area contributed by atoms with Gasteiger partial charge in [-0.15, -0.1) is 0 Å². The molecule has 1 unspecified atom stereocenters. The summed E-state index contributed by atoms with van der Waals surface area (Å²) in [7, 11) is -1.16. The van der Waals surface area contributed by atoms with Crippen molar-refractivity contribution in [1.29, 1.82) is 0 Å². The highest BCUT2D eigenvalue weighted by atomic mass is 79.9. The van der Waals surface area contributed by atoms with E-state index in [-0.39, 0.29) is 0 Å². The summed E-state index contributed by atoms with van der Waals surface area (Å²) in [5, 5.41) is 0. The maximum Gasteiger partial charge on any atom is 0.0632 e. The predicted molar refractivity (Wildman–Crippen MR) is 77.6 cm³/mol. The first-order valence-corrected chi connectivity index (χ1v) is 7.51. The zero-order valence-corrected chi connectivity index (χ0v) is 12.3. The van der Waals surface area contributed by atoms with Gasteiger partial charge < -0.3 is 5.73 Å². The minimum absolute atomic E-state index is 0.426. The van der Waals surface area contributed by atoms with Crippen molar-refractivity contribution in [2.75, 3.05) is 5.73 Å². The Balaban J connectivity index is 2.24. The highest BCUT2D eigenvalue weighted by molar-refractivity contribution is 9.10. The van der Waals surface area contributed by atoms with Crippen LogP contribution in [0.15, 0.2) is 46.0 Å². The van der Waals surface area contributed by atoms with Gasteiger partial charge in [0.2, 0.25) is 0 Å². The molecule has 0 aliphatic heterocycles. The first-order chi connectivity index (χ1) is 8.56. The number of hydrogen-bond acceptors (Lipinski definition) is 3. The Kier molecular flexibility index (Phi) is 4.14. The fraction of sp³-hybridized carbons (Fsp3) is 0.154. The molecule has 0 saturated heterocycles. The van der Waals surface area contributed by atoms with Gasteiger partial charge in [-0.2, -0.15) is 0 Å². The molecule has 1 heterocycles. The minimum Gasteiger partial charge on any atom is -0.398 e. The maximum atomic E-state index is 12.3. The second-order valence-electron chi connectivity index (χ2n) is 4.04. The van der Waals surface area contributed by atoms with Crippen LogP contribution in [0.1, 0.15) is 11.1 Å². The van der Waals surface area contributed by atoms with Crippen molar-refractivity contribution in [3.05, 3.63) is 52.3 Å². The van der Waals surface area contributed by atoms with Crippen LogP contribution in [0.5, 0.6) is 0 Å². The van der Waals surface area contributed by atoms with Crippen LogP contribution in [0.4, 0.5) is 5.69 Å². The lowest BCUT2D eigenvalue weighted by Gasteiger charge is -2.07. The second kappa shape index (κ2) is 5.63. The minimum atomic E-state index is -1.16. The van der Waals surface area contributed by atoms with Crippen molar-refractivity contribution < 1.29 is 4.21 Å². The largest absolute Gasteiger partial charge is 0.398 e. The van der Waals surface area contributed by atoms with E-state index in [0.29, 0.717) is 16.3 Å². The number of halogens is 1. The van der Waals surface area contributed by atoms with E-state index >= 15 is 0 Å². The number of anilines is 1. The molecule has 18 heavy (non-hydrogen) atoms. The Morgan fingerprint density at radius 2 is 2.11 bits per heavy atom. The fourth-order valence-electron chi connectivity index (χ4n) is 1.63. The molecule has 5 heteroatoms. The lowest BCUT2D eigenvalue weighted by Crippen LogP contribution is -2.01. The highest BCUT2D eigenvalue weighted by Gasteiger charge is 2.10. The molecule has 0 spiro atoms. The number of aryl methyl sites for hydroxylation is 1. The Bertz CT molecular complexity index is 601. The summed E-state index contributed by atoms with van der Waals surface area (Å²) < 4.78 is 13.2. The molecule has 94 valence electrons. The van der Waals surface area contributed by atoms with Crippen molar-refractivity contribution in [2.24, 2.45) is 0 Å². The summed E-state index contributed by atoms with van der Waals surface area (Å²) in [6.07, 6.45) is 3.51. The first kappa shape index (κ1) is 13.2. The van der Waals surface area contributed by atoms with Gasteiger partial charge in [-0.25, -0.2) is 0 Å². The van der Waals surface area contributed by atoms with Crippen molar-refractivity contribution in [3.63, 3.8) is 0 Å². The molecule has 1 aromatic heterocycles. The summed E-state index contributed by atoms with van der Waals surface area (Å²) in [6.45, 7) is 1.97. The lowest BCUT2D eigenvalue weighted by atomic mass is 10.2. The molecule has 2 aromatic rings. The van der Waals surface area contributed by atoms with E-state index in [1.165, 1.54) is 0 Å². The monoisotopic (exact) mass is 324 g/mol. The van der Waals surface area contributed by atoms with Crippen LogP contribution in [-0.2, 0) is 16.6 Å². The Morgan fingerprint density at radius 3 is 2.83 bits per heavy atom. The molecule has 1 aromatic carbocycles. The third-order valence-corrected chi connectivity index (χ3v) is 4.38. The Morgan fingerprint density at radius 1 is 1.33 bits per heavy atom. The van der Waals surface area contributed by atoms with Crippen LogP contribution in [0.2, 0.25) is 0 Å². The summed E-state index contributed by atoms with van der Waals surface area (Å²) in [5.41, 5.74) is 8.41. The van der Waals surface area contributed by atoms with Crippen LogP contribution in [0.3, 0.4) is 0 Å². The molecule has 1 atom stereocenters. The quantitative estimate of drug-likeness (QED) is 0.883. The smallest absolute Gasteiger partial charge is 0.0632 e. The molecule has 0 aliphatic rings. The molecule has 0 aliphatic carbocycles. The third-order valence-electron chi connectivity index (χ3n) is 2.45. The highest BCUT2D eigenvalue weighted by Crippen LogP contribution is 2.23. The molecular formula is C13H13BrN2OS. The fourth-order valence-corrected chi connectivity index (χ4v) is 3.35.